The summed E-state index contributed by atoms with van der Waals surface area (Å²) in [6.45, 7) is 5.74. The van der Waals surface area contributed by atoms with Crippen molar-refractivity contribution >= 4 is 17.3 Å². The van der Waals surface area contributed by atoms with Crippen LogP contribution in [0, 0.1) is 5.92 Å². The van der Waals surface area contributed by atoms with Crippen molar-refractivity contribution in [3.05, 3.63) is 21.6 Å². The van der Waals surface area contributed by atoms with Gasteiger partial charge in [0.15, 0.2) is 0 Å². The highest BCUT2D eigenvalue weighted by atomic mass is 35.5. The predicted molar refractivity (Wildman–Crippen MR) is 82.5 cm³/mol. The minimum Gasteiger partial charge on any atom is -0.382 e. The fourth-order valence-electron chi connectivity index (χ4n) is 2.48. The van der Waals surface area contributed by atoms with Crippen LogP contribution in [0.5, 0.6) is 0 Å². The molecule has 112 valence electrons. The van der Waals surface area contributed by atoms with E-state index in [-0.39, 0.29) is 10.6 Å². The highest BCUT2D eigenvalue weighted by Gasteiger charge is 2.17. The van der Waals surface area contributed by atoms with Gasteiger partial charge in [0.2, 0.25) is 0 Å². The van der Waals surface area contributed by atoms with Crippen molar-refractivity contribution in [1.29, 1.82) is 0 Å². The van der Waals surface area contributed by atoms with E-state index in [1.54, 1.807) is 6.20 Å². The standard InChI is InChI=1S/C14H23ClN4O/c1-3-6-19-14(20)13(15)12(10-17-19)16-9-11-4-7-18(2)8-5-11/h10-11,16H,3-9H2,1-2H3. The molecule has 1 saturated heterocycles. The summed E-state index contributed by atoms with van der Waals surface area (Å²) in [5.41, 5.74) is 0.449. The van der Waals surface area contributed by atoms with Gasteiger partial charge in [0.25, 0.3) is 5.56 Å². The van der Waals surface area contributed by atoms with Crippen molar-refractivity contribution in [2.24, 2.45) is 5.92 Å². The van der Waals surface area contributed by atoms with Crippen LogP contribution in [0.4, 0.5) is 5.69 Å². The molecular formula is C14H23ClN4O. The summed E-state index contributed by atoms with van der Waals surface area (Å²) in [7, 11) is 2.15. The molecule has 1 aromatic rings. The molecule has 0 spiro atoms. The molecule has 0 atom stereocenters. The van der Waals surface area contributed by atoms with E-state index in [2.05, 4.69) is 22.4 Å². The highest BCUT2D eigenvalue weighted by Crippen LogP contribution is 2.19. The zero-order chi connectivity index (χ0) is 14.5. The van der Waals surface area contributed by atoms with E-state index in [1.165, 1.54) is 17.5 Å². The Morgan fingerprint density at radius 2 is 2.15 bits per heavy atom. The number of anilines is 1. The van der Waals surface area contributed by atoms with Gasteiger partial charge in [-0.15, -0.1) is 0 Å². The van der Waals surface area contributed by atoms with Crippen LogP contribution in [0.2, 0.25) is 5.02 Å². The number of nitrogens with zero attached hydrogens (tertiary/aromatic N) is 3. The summed E-state index contributed by atoms with van der Waals surface area (Å²) in [6, 6.07) is 0. The summed E-state index contributed by atoms with van der Waals surface area (Å²) in [5, 5.41) is 7.69. The molecule has 0 unspecified atom stereocenters. The normalized spacial score (nSPS) is 17.4. The maximum atomic E-state index is 12.0. The number of aromatic nitrogens is 2. The third-order valence-corrected chi connectivity index (χ3v) is 4.20. The van der Waals surface area contributed by atoms with Crippen molar-refractivity contribution in [2.45, 2.75) is 32.7 Å². The Balaban J connectivity index is 1.96. The Morgan fingerprint density at radius 3 is 2.80 bits per heavy atom. The molecule has 2 rings (SSSR count). The van der Waals surface area contributed by atoms with Crippen LogP contribution in [0.1, 0.15) is 26.2 Å². The van der Waals surface area contributed by atoms with E-state index in [0.717, 1.165) is 26.1 Å². The van der Waals surface area contributed by atoms with E-state index >= 15 is 0 Å². The van der Waals surface area contributed by atoms with E-state index in [9.17, 15) is 4.79 Å². The molecule has 20 heavy (non-hydrogen) atoms. The molecule has 0 aliphatic carbocycles. The molecule has 1 aromatic heterocycles. The lowest BCUT2D eigenvalue weighted by Gasteiger charge is -2.29. The number of likely N-dealkylation sites (tertiary alicyclic amines) is 1. The van der Waals surface area contributed by atoms with Crippen LogP contribution in [0.25, 0.3) is 0 Å². The number of hydrogen-bond acceptors (Lipinski definition) is 4. The quantitative estimate of drug-likeness (QED) is 0.904. The third kappa shape index (κ3) is 3.73. The first-order valence-corrected chi connectivity index (χ1v) is 7.67. The molecule has 1 N–H and O–H groups in total. The first-order chi connectivity index (χ1) is 9.61. The van der Waals surface area contributed by atoms with Crippen molar-refractivity contribution in [2.75, 3.05) is 32.0 Å². The molecule has 1 fully saturated rings. The van der Waals surface area contributed by atoms with Crippen LogP contribution < -0.4 is 10.9 Å². The molecule has 0 amide bonds. The zero-order valence-electron chi connectivity index (χ0n) is 12.2. The van der Waals surface area contributed by atoms with Gasteiger partial charge in [-0.2, -0.15) is 5.10 Å². The summed E-state index contributed by atoms with van der Waals surface area (Å²) >= 11 is 6.13. The highest BCUT2D eigenvalue weighted by molar-refractivity contribution is 6.32. The molecule has 0 bridgehead atoms. The number of halogens is 1. The van der Waals surface area contributed by atoms with E-state index in [0.29, 0.717) is 18.2 Å². The van der Waals surface area contributed by atoms with E-state index < -0.39 is 0 Å². The Labute approximate surface area is 124 Å². The smallest absolute Gasteiger partial charge is 0.287 e. The third-order valence-electron chi connectivity index (χ3n) is 3.84. The van der Waals surface area contributed by atoms with Gasteiger partial charge >= 0.3 is 0 Å². The van der Waals surface area contributed by atoms with Crippen LogP contribution >= 0.6 is 11.6 Å². The Morgan fingerprint density at radius 1 is 1.45 bits per heavy atom. The number of piperidine rings is 1. The lowest BCUT2D eigenvalue weighted by Crippen LogP contribution is -2.33. The van der Waals surface area contributed by atoms with Crippen molar-refractivity contribution < 1.29 is 0 Å². The number of nitrogens with one attached hydrogen (secondary N) is 1. The molecule has 0 saturated carbocycles. The molecule has 6 heteroatoms. The summed E-state index contributed by atoms with van der Waals surface area (Å²) in [4.78, 5) is 14.3. The van der Waals surface area contributed by atoms with Gasteiger partial charge in [-0.3, -0.25) is 4.79 Å². The second kappa shape index (κ2) is 7.09. The van der Waals surface area contributed by atoms with Crippen molar-refractivity contribution in [3.8, 4) is 0 Å². The first-order valence-electron chi connectivity index (χ1n) is 7.29. The molecular weight excluding hydrogens is 276 g/mol. The number of hydrogen-bond donors (Lipinski definition) is 1. The van der Waals surface area contributed by atoms with Crippen molar-refractivity contribution in [3.63, 3.8) is 0 Å². The van der Waals surface area contributed by atoms with Gasteiger partial charge in [-0.05, 0) is 45.3 Å². The summed E-state index contributed by atoms with van der Waals surface area (Å²) in [6.07, 6.45) is 4.89. The molecule has 0 aromatic carbocycles. The van der Waals surface area contributed by atoms with Crippen LogP contribution in [0.3, 0.4) is 0 Å². The second-order valence-corrected chi connectivity index (χ2v) is 5.91. The second-order valence-electron chi connectivity index (χ2n) is 5.53. The Bertz CT molecular complexity index is 494. The van der Waals surface area contributed by atoms with Crippen molar-refractivity contribution in [1.82, 2.24) is 14.7 Å². The Hall–Kier alpha value is -1.07. The van der Waals surface area contributed by atoms with E-state index in [1.807, 2.05) is 6.92 Å². The predicted octanol–water partition coefficient (Wildman–Crippen LogP) is 2.06. The minimum atomic E-state index is -0.207. The van der Waals surface area contributed by atoms with Crippen LogP contribution in [-0.2, 0) is 6.54 Å². The van der Waals surface area contributed by atoms with Gasteiger partial charge in [0, 0.05) is 13.1 Å². The van der Waals surface area contributed by atoms with E-state index in [4.69, 9.17) is 11.6 Å². The maximum Gasteiger partial charge on any atom is 0.287 e. The monoisotopic (exact) mass is 298 g/mol. The first kappa shape index (κ1) is 15.3. The lowest BCUT2D eigenvalue weighted by molar-refractivity contribution is 0.226. The molecule has 2 heterocycles. The summed E-state index contributed by atoms with van der Waals surface area (Å²) < 4.78 is 1.42. The maximum absolute atomic E-state index is 12.0. The average Bonchev–Trinajstić information content (AvgIpc) is 2.45. The van der Waals surface area contributed by atoms with Gasteiger partial charge in [-0.25, -0.2) is 4.68 Å². The lowest BCUT2D eigenvalue weighted by atomic mass is 9.97. The number of aryl methyl sites for hydroxylation is 1. The molecule has 5 nitrogen and oxygen atoms in total. The van der Waals surface area contributed by atoms with Gasteiger partial charge in [0.1, 0.15) is 5.02 Å². The fraction of sp³-hybridized carbons (Fsp3) is 0.714. The Kier molecular flexibility index (Phi) is 5.43. The fourth-order valence-corrected chi connectivity index (χ4v) is 2.69. The minimum absolute atomic E-state index is 0.207. The molecule has 1 aliphatic heterocycles. The summed E-state index contributed by atoms with van der Waals surface area (Å²) in [5.74, 6) is 0.639. The average molecular weight is 299 g/mol. The van der Waals surface area contributed by atoms with Gasteiger partial charge < -0.3 is 10.2 Å². The van der Waals surface area contributed by atoms with Gasteiger partial charge in [0.05, 0.1) is 11.9 Å². The number of rotatable bonds is 5. The molecule has 0 radical (unpaired) electrons. The zero-order valence-corrected chi connectivity index (χ0v) is 13.0. The largest absolute Gasteiger partial charge is 0.382 e. The van der Waals surface area contributed by atoms with Crippen LogP contribution in [-0.4, -0.2) is 41.4 Å². The SMILES string of the molecule is CCCn1ncc(NCC2CCN(C)CC2)c(Cl)c1=O. The van der Waals surface area contributed by atoms with Gasteiger partial charge in [-0.1, -0.05) is 18.5 Å². The molecule has 1 aliphatic rings. The van der Waals surface area contributed by atoms with Crippen LogP contribution in [0.15, 0.2) is 11.0 Å². The topological polar surface area (TPSA) is 50.2 Å².